The van der Waals surface area contributed by atoms with Gasteiger partial charge in [0.15, 0.2) is 0 Å². The van der Waals surface area contributed by atoms with Crippen LogP contribution in [0, 0.1) is 0 Å². The Morgan fingerprint density at radius 2 is 1.48 bits per heavy atom. The number of hydrogen-bond donors (Lipinski definition) is 2. The second kappa shape index (κ2) is 8.69. The first-order valence-corrected chi connectivity index (χ1v) is 11.5. The summed E-state index contributed by atoms with van der Waals surface area (Å²) < 4.78 is 0. The summed E-state index contributed by atoms with van der Waals surface area (Å²) in [5.74, 6) is 3.21. The molecule has 0 aromatic carbocycles. The third-order valence-corrected chi connectivity index (χ3v) is 6.69. The Hall–Kier alpha value is -2.90. The summed E-state index contributed by atoms with van der Waals surface area (Å²) >= 11 is 0. The Kier molecular flexibility index (Phi) is 5.61. The van der Waals surface area contributed by atoms with Gasteiger partial charge in [0.25, 0.3) is 0 Å². The van der Waals surface area contributed by atoms with Crippen LogP contribution in [-0.4, -0.2) is 56.5 Å². The molecule has 0 spiro atoms. The summed E-state index contributed by atoms with van der Waals surface area (Å²) in [6, 6.07) is 6.39. The smallest absolute Gasteiger partial charge is 0.227 e. The summed E-state index contributed by atoms with van der Waals surface area (Å²) in [5, 5.41) is 14.6. The minimum absolute atomic E-state index is 0.363. The molecule has 0 saturated carbocycles. The third-order valence-electron chi connectivity index (χ3n) is 6.69. The average Bonchev–Trinajstić information content (AvgIpc) is 3.53. The summed E-state index contributed by atoms with van der Waals surface area (Å²) in [7, 11) is 0. The fourth-order valence-corrected chi connectivity index (χ4v) is 4.88. The van der Waals surface area contributed by atoms with Crippen LogP contribution in [0.4, 0.5) is 11.8 Å². The number of nitrogens with zero attached hydrogens (tertiary/aromatic N) is 6. The topological polar surface area (TPSA) is 89.6 Å². The van der Waals surface area contributed by atoms with E-state index in [1.54, 1.807) is 0 Å². The van der Waals surface area contributed by atoms with Crippen molar-refractivity contribution in [2.45, 2.75) is 57.3 Å². The summed E-state index contributed by atoms with van der Waals surface area (Å²) in [4.78, 5) is 14.9. The molecule has 5 heterocycles. The lowest BCUT2D eigenvalue weighted by atomic mass is 9.94. The van der Waals surface area contributed by atoms with Crippen molar-refractivity contribution in [3.8, 4) is 0 Å². The van der Waals surface area contributed by atoms with Crippen molar-refractivity contribution in [2.75, 3.05) is 36.0 Å². The molecule has 0 bridgehead atoms. The number of aromatic nitrogens is 6. The number of rotatable bonds is 5. The average molecular weight is 421 g/mol. The molecule has 0 unspecified atom stereocenters. The highest BCUT2D eigenvalue weighted by Crippen LogP contribution is 2.32. The van der Waals surface area contributed by atoms with Gasteiger partial charge < -0.3 is 9.80 Å². The van der Waals surface area contributed by atoms with E-state index in [1.807, 2.05) is 12.4 Å². The Bertz CT molecular complexity index is 893. The van der Waals surface area contributed by atoms with Crippen LogP contribution in [0.2, 0.25) is 0 Å². The molecule has 2 N–H and O–H groups in total. The van der Waals surface area contributed by atoms with E-state index in [0.717, 1.165) is 56.5 Å². The van der Waals surface area contributed by atoms with Crippen LogP contribution in [0.5, 0.6) is 0 Å². The first kappa shape index (κ1) is 20.0. The normalized spacial score (nSPS) is 22.3. The number of aromatic amines is 2. The van der Waals surface area contributed by atoms with Crippen molar-refractivity contribution in [3.63, 3.8) is 0 Å². The van der Waals surface area contributed by atoms with Crippen molar-refractivity contribution in [1.29, 1.82) is 0 Å². The minimum atomic E-state index is 0.363. The zero-order valence-electron chi connectivity index (χ0n) is 18.5. The van der Waals surface area contributed by atoms with E-state index in [2.05, 4.69) is 62.2 Å². The predicted molar refractivity (Wildman–Crippen MR) is 122 cm³/mol. The maximum absolute atomic E-state index is 5.08. The number of H-pyrrole nitrogens is 2. The number of hydrogen-bond acceptors (Lipinski definition) is 6. The minimum Gasteiger partial charge on any atom is -0.356 e. The van der Waals surface area contributed by atoms with Gasteiger partial charge in [0.2, 0.25) is 5.95 Å². The third kappa shape index (κ3) is 4.29. The molecule has 2 aliphatic rings. The molecule has 2 saturated heterocycles. The fraction of sp³-hybridized carbons (Fsp3) is 0.565. The molecule has 5 rings (SSSR count). The van der Waals surface area contributed by atoms with Gasteiger partial charge in [-0.1, -0.05) is 13.8 Å². The highest BCUT2D eigenvalue weighted by atomic mass is 15.3. The molecule has 0 radical (unpaired) electrons. The lowest BCUT2D eigenvalue weighted by Crippen LogP contribution is -2.38. The quantitative estimate of drug-likeness (QED) is 0.652. The summed E-state index contributed by atoms with van der Waals surface area (Å²) in [5.41, 5.74) is 3.55. The van der Waals surface area contributed by atoms with Gasteiger partial charge in [-0.2, -0.15) is 15.2 Å². The lowest BCUT2D eigenvalue weighted by molar-refractivity contribution is 0.488. The number of anilines is 2. The van der Waals surface area contributed by atoms with E-state index in [-0.39, 0.29) is 0 Å². The maximum atomic E-state index is 5.08. The van der Waals surface area contributed by atoms with Crippen LogP contribution in [-0.2, 0) is 0 Å². The van der Waals surface area contributed by atoms with Crippen LogP contribution in [0.15, 0.2) is 30.6 Å². The van der Waals surface area contributed by atoms with Gasteiger partial charge in [-0.25, -0.2) is 4.98 Å². The van der Waals surface area contributed by atoms with Gasteiger partial charge in [-0.15, -0.1) is 0 Å². The molecule has 8 heteroatoms. The molecular weight excluding hydrogens is 388 g/mol. The van der Waals surface area contributed by atoms with E-state index in [9.17, 15) is 0 Å². The first-order chi connectivity index (χ1) is 15.2. The second-order valence-corrected chi connectivity index (χ2v) is 9.20. The molecule has 31 heavy (non-hydrogen) atoms. The maximum Gasteiger partial charge on any atom is 0.227 e. The van der Waals surface area contributed by atoms with E-state index >= 15 is 0 Å². The fourth-order valence-electron chi connectivity index (χ4n) is 4.88. The van der Waals surface area contributed by atoms with Crippen molar-refractivity contribution >= 4 is 11.8 Å². The number of piperidine rings is 2. The van der Waals surface area contributed by atoms with Gasteiger partial charge in [0.05, 0.1) is 5.69 Å². The molecule has 2 fully saturated rings. The Labute approximate surface area is 183 Å². The van der Waals surface area contributed by atoms with E-state index in [1.165, 1.54) is 24.2 Å². The van der Waals surface area contributed by atoms with Crippen LogP contribution in [0.25, 0.3) is 0 Å². The molecule has 2 aliphatic heterocycles. The Balaban J connectivity index is 1.41. The van der Waals surface area contributed by atoms with Crippen LogP contribution < -0.4 is 9.80 Å². The largest absolute Gasteiger partial charge is 0.356 e. The Morgan fingerprint density at radius 3 is 2.06 bits per heavy atom. The van der Waals surface area contributed by atoms with Gasteiger partial charge in [0, 0.05) is 67.9 Å². The van der Waals surface area contributed by atoms with Crippen molar-refractivity contribution in [2.24, 2.45) is 0 Å². The molecule has 0 amide bonds. The van der Waals surface area contributed by atoms with Crippen LogP contribution in [0.1, 0.15) is 74.4 Å². The van der Waals surface area contributed by atoms with Gasteiger partial charge >= 0.3 is 0 Å². The number of nitrogens with one attached hydrogen (secondary N) is 2. The Morgan fingerprint density at radius 1 is 0.871 bits per heavy atom. The van der Waals surface area contributed by atoms with E-state index in [4.69, 9.17) is 9.97 Å². The molecule has 0 aliphatic carbocycles. The molecule has 8 nitrogen and oxygen atoms in total. The SMILES string of the molecule is CC(C)c1cc(N2CCC[C@H](c3ccn[nH]3)C2)nc(N2CCC[C@@H](c3ccn[nH]3)C2)n1. The highest BCUT2D eigenvalue weighted by molar-refractivity contribution is 5.48. The molecule has 164 valence electrons. The molecule has 2 atom stereocenters. The molecule has 3 aromatic rings. The summed E-state index contributed by atoms with van der Waals surface area (Å²) in [6.45, 7) is 8.36. The van der Waals surface area contributed by atoms with Gasteiger partial charge in [-0.3, -0.25) is 10.2 Å². The van der Waals surface area contributed by atoms with E-state index in [0.29, 0.717) is 17.8 Å². The zero-order valence-corrected chi connectivity index (χ0v) is 18.5. The van der Waals surface area contributed by atoms with Crippen LogP contribution >= 0.6 is 0 Å². The van der Waals surface area contributed by atoms with Gasteiger partial charge in [-0.05, 0) is 43.7 Å². The summed E-state index contributed by atoms with van der Waals surface area (Å²) in [6.07, 6.45) is 8.35. The standard InChI is InChI=1S/C23H32N8/c1-16(2)21-13-22(30-11-3-5-17(14-30)19-7-9-24-28-19)27-23(26-21)31-12-4-6-18(15-31)20-8-10-25-29-20/h7-10,13,16-18H,3-6,11-12,14-15H2,1-2H3,(H,24,28)(H,25,29)/t17-,18+/m0/s1. The first-order valence-electron chi connectivity index (χ1n) is 11.5. The van der Waals surface area contributed by atoms with Crippen molar-refractivity contribution in [1.82, 2.24) is 30.4 Å². The predicted octanol–water partition coefficient (Wildman–Crippen LogP) is 3.81. The molecular formula is C23H32N8. The zero-order chi connectivity index (χ0) is 21.2. The van der Waals surface area contributed by atoms with Crippen LogP contribution in [0.3, 0.4) is 0 Å². The van der Waals surface area contributed by atoms with E-state index < -0.39 is 0 Å². The van der Waals surface area contributed by atoms with Gasteiger partial charge in [0.1, 0.15) is 5.82 Å². The van der Waals surface area contributed by atoms with Crippen molar-refractivity contribution in [3.05, 3.63) is 47.7 Å². The lowest BCUT2D eigenvalue weighted by Gasteiger charge is -2.35. The molecule has 3 aromatic heterocycles. The second-order valence-electron chi connectivity index (χ2n) is 9.20. The highest BCUT2D eigenvalue weighted by Gasteiger charge is 2.27. The monoisotopic (exact) mass is 420 g/mol. The van der Waals surface area contributed by atoms with Crippen molar-refractivity contribution < 1.29 is 0 Å².